The lowest BCUT2D eigenvalue weighted by Gasteiger charge is -2.26. The number of nitrogens with zero attached hydrogens (tertiary/aromatic N) is 1. The van der Waals surface area contributed by atoms with Gasteiger partial charge in [-0.1, -0.05) is 39.8 Å². The van der Waals surface area contributed by atoms with E-state index in [-0.39, 0.29) is 34.9 Å². The summed E-state index contributed by atoms with van der Waals surface area (Å²) in [7, 11) is -6.99. The Balaban J connectivity index is 2.25. The van der Waals surface area contributed by atoms with E-state index < -0.39 is 31.8 Å². The molecule has 1 aliphatic rings. The summed E-state index contributed by atoms with van der Waals surface area (Å²) < 4.78 is 50.8. The van der Waals surface area contributed by atoms with Gasteiger partial charge in [-0.2, -0.15) is 4.31 Å². The summed E-state index contributed by atoms with van der Waals surface area (Å²) >= 11 is 0. The minimum Gasteiger partial charge on any atom is -0.351 e. The monoisotopic (exact) mass is 444 g/mol. The van der Waals surface area contributed by atoms with E-state index in [0.717, 1.165) is 9.87 Å². The van der Waals surface area contributed by atoms with Crippen molar-refractivity contribution < 1.29 is 21.6 Å². The molecule has 1 aromatic carbocycles. The van der Waals surface area contributed by atoms with Gasteiger partial charge in [0.2, 0.25) is 15.9 Å². The molecular weight excluding hydrogens is 412 g/mol. The molecule has 0 spiro atoms. The zero-order valence-corrected chi connectivity index (χ0v) is 19.7. The Morgan fingerprint density at radius 2 is 1.76 bits per heavy atom. The lowest BCUT2D eigenvalue weighted by Crippen LogP contribution is -2.44. The van der Waals surface area contributed by atoms with E-state index in [2.05, 4.69) is 26.1 Å². The molecule has 1 aromatic rings. The van der Waals surface area contributed by atoms with Crippen LogP contribution in [0.3, 0.4) is 0 Å². The minimum atomic E-state index is -3.87. The van der Waals surface area contributed by atoms with Crippen LogP contribution in [-0.4, -0.2) is 57.7 Å². The van der Waals surface area contributed by atoms with Gasteiger partial charge in [0.25, 0.3) is 0 Å². The zero-order valence-electron chi connectivity index (χ0n) is 18.1. The fourth-order valence-corrected chi connectivity index (χ4v) is 7.12. The molecule has 1 fully saturated rings. The number of benzene rings is 1. The number of rotatable bonds is 6. The summed E-state index contributed by atoms with van der Waals surface area (Å²) in [5.74, 6) is -0.532. The summed E-state index contributed by atoms with van der Waals surface area (Å²) in [5.41, 5.74) is 2.24. The first-order valence-corrected chi connectivity index (χ1v) is 13.0. The maximum absolute atomic E-state index is 13.3. The summed E-state index contributed by atoms with van der Waals surface area (Å²) in [4.78, 5) is 12.6. The van der Waals surface area contributed by atoms with Crippen LogP contribution in [0.2, 0.25) is 0 Å². The molecular formula is C20H32N2O5S2. The Labute approximate surface area is 174 Å². The molecule has 1 saturated heterocycles. The van der Waals surface area contributed by atoms with E-state index >= 15 is 0 Å². The van der Waals surface area contributed by atoms with Crippen LogP contribution in [0.1, 0.15) is 50.8 Å². The Morgan fingerprint density at radius 3 is 2.17 bits per heavy atom. The molecule has 1 heterocycles. The van der Waals surface area contributed by atoms with Gasteiger partial charge in [0.05, 0.1) is 22.9 Å². The van der Waals surface area contributed by atoms with Crippen LogP contribution < -0.4 is 5.32 Å². The molecule has 9 heteroatoms. The van der Waals surface area contributed by atoms with E-state index in [1.165, 1.54) is 0 Å². The Hall–Kier alpha value is -1.45. The van der Waals surface area contributed by atoms with E-state index in [0.29, 0.717) is 17.5 Å². The van der Waals surface area contributed by atoms with Crippen LogP contribution in [0.4, 0.5) is 0 Å². The Bertz CT molecular complexity index is 969. The van der Waals surface area contributed by atoms with Gasteiger partial charge in [-0.15, -0.1) is 0 Å². The van der Waals surface area contributed by atoms with Crippen LogP contribution in [0.5, 0.6) is 0 Å². The van der Waals surface area contributed by atoms with Crippen LogP contribution in [0.15, 0.2) is 17.0 Å². The molecule has 1 amide bonds. The van der Waals surface area contributed by atoms with Gasteiger partial charge < -0.3 is 5.32 Å². The number of carbonyl (C=O) groups is 1. The van der Waals surface area contributed by atoms with Gasteiger partial charge in [0.15, 0.2) is 9.84 Å². The average Bonchev–Trinajstić information content (AvgIpc) is 2.89. The summed E-state index contributed by atoms with van der Waals surface area (Å²) in [5, 5.41) is 2.66. The van der Waals surface area contributed by atoms with Crippen molar-refractivity contribution in [3.05, 3.63) is 28.8 Å². The Kier molecular flexibility index (Phi) is 6.86. The number of carbonyl (C=O) groups excluding carboxylic acids is 1. The lowest BCUT2D eigenvalue weighted by molar-refractivity contribution is -0.121. The number of amides is 1. The molecule has 0 aliphatic carbocycles. The number of aryl methyl sites for hydroxylation is 2. The predicted molar refractivity (Wildman–Crippen MR) is 114 cm³/mol. The predicted octanol–water partition coefficient (Wildman–Crippen LogP) is 1.91. The third-order valence-electron chi connectivity index (χ3n) is 5.19. The number of hydrogen-bond acceptors (Lipinski definition) is 5. The third kappa shape index (κ3) is 5.58. The molecule has 1 unspecified atom stereocenters. The highest BCUT2D eigenvalue weighted by Gasteiger charge is 2.32. The van der Waals surface area contributed by atoms with Gasteiger partial charge >= 0.3 is 0 Å². The highest BCUT2D eigenvalue weighted by molar-refractivity contribution is 7.91. The summed E-state index contributed by atoms with van der Waals surface area (Å²) in [6, 6.07) is 3.32. The van der Waals surface area contributed by atoms with Crippen molar-refractivity contribution >= 4 is 25.8 Å². The van der Waals surface area contributed by atoms with Crippen molar-refractivity contribution in [2.45, 2.75) is 64.3 Å². The second-order valence-corrected chi connectivity index (χ2v) is 12.9. The smallest absolute Gasteiger partial charge is 0.244 e. The largest absolute Gasteiger partial charge is 0.351 e. The van der Waals surface area contributed by atoms with Crippen molar-refractivity contribution in [3.8, 4) is 0 Å². The van der Waals surface area contributed by atoms with Crippen molar-refractivity contribution in [2.24, 2.45) is 0 Å². The van der Waals surface area contributed by atoms with Crippen LogP contribution >= 0.6 is 0 Å². The number of sulfonamides is 1. The second-order valence-electron chi connectivity index (χ2n) is 8.79. The van der Waals surface area contributed by atoms with E-state index in [1.807, 2.05) is 12.1 Å². The van der Waals surface area contributed by atoms with Crippen molar-refractivity contribution in [1.29, 1.82) is 0 Å². The van der Waals surface area contributed by atoms with Crippen molar-refractivity contribution in [3.63, 3.8) is 0 Å². The van der Waals surface area contributed by atoms with E-state index in [4.69, 9.17) is 0 Å². The summed E-state index contributed by atoms with van der Waals surface area (Å²) in [6.45, 7) is 11.2. The molecule has 7 nitrogen and oxygen atoms in total. The lowest BCUT2D eigenvalue weighted by atomic mass is 9.85. The molecule has 1 atom stereocenters. The molecule has 2 rings (SSSR count). The molecule has 164 valence electrons. The first-order valence-electron chi connectivity index (χ1n) is 9.79. The van der Waals surface area contributed by atoms with Gasteiger partial charge in [-0.05, 0) is 42.4 Å². The Morgan fingerprint density at radius 1 is 1.21 bits per heavy atom. The first kappa shape index (κ1) is 23.8. The number of hydrogen-bond donors (Lipinski definition) is 1. The van der Waals surface area contributed by atoms with Crippen LogP contribution in [0, 0.1) is 13.8 Å². The van der Waals surface area contributed by atoms with Crippen LogP contribution in [-0.2, 0) is 30.1 Å². The van der Waals surface area contributed by atoms with Crippen LogP contribution in [0.25, 0.3) is 0 Å². The zero-order chi connectivity index (χ0) is 22.2. The number of nitrogens with one attached hydrogen (secondary N) is 1. The quantitative estimate of drug-likeness (QED) is 0.722. The minimum absolute atomic E-state index is 0.0479. The highest BCUT2D eigenvalue weighted by Crippen LogP contribution is 2.30. The fraction of sp³-hybridized carbons (Fsp3) is 0.650. The van der Waals surface area contributed by atoms with Gasteiger partial charge in [0.1, 0.15) is 0 Å². The second kappa shape index (κ2) is 8.35. The van der Waals surface area contributed by atoms with Gasteiger partial charge in [-0.3, -0.25) is 4.79 Å². The molecule has 1 aliphatic heterocycles. The number of likely N-dealkylation sites (N-methyl/N-ethyl adjacent to an activating group) is 1. The number of sulfone groups is 1. The molecule has 0 saturated carbocycles. The average molecular weight is 445 g/mol. The molecule has 1 N–H and O–H groups in total. The molecule has 0 radical (unpaired) electrons. The van der Waals surface area contributed by atoms with E-state index in [1.54, 1.807) is 20.8 Å². The normalized spacial score (nSPS) is 19.5. The first-order chi connectivity index (χ1) is 13.2. The third-order valence-corrected chi connectivity index (χ3v) is 9.19. The topological polar surface area (TPSA) is 101 Å². The molecule has 29 heavy (non-hydrogen) atoms. The fourth-order valence-electron chi connectivity index (χ4n) is 3.63. The highest BCUT2D eigenvalue weighted by atomic mass is 32.2. The van der Waals surface area contributed by atoms with Gasteiger partial charge in [-0.25, -0.2) is 16.8 Å². The van der Waals surface area contributed by atoms with E-state index in [9.17, 15) is 21.6 Å². The van der Waals surface area contributed by atoms with Crippen molar-refractivity contribution in [1.82, 2.24) is 9.62 Å². The summed E-state index contributed by atoms with van der Waals surface area (Å²) in [6.07, 6.45) is 0.361. The molecule has 0 aromatic heterocycles. The SMILES string of the molecule is CCN(CC(=O)NC1CCS(=O)(=O)C1)S(=O)(=O)c1c(C)cc(C(C)(C)C)cc1C. The maximum Gasteiger partial charge on any atom is 0.244 e. The van der Waals surface area contributed by atoms with Gasteiger partial charge in [0, 0.05) is 12.6 Å². The van der Waals surface area contributed by atoms with Crippen molar-refractivity contribution in [2.75, 3.05) is 24.6 Å². The maximum atomic E-state index is 13.3. The standard InChI is InChI=1S/C20H32N2O5S2/c1-7-22(12-18(23)21-17-8-9-28(24,25)13-17)29(26,27)19-14(2)10-16(11-15(19)3)20(4,5)6/h10-11,17H,7-9,12-13H2,1-6H3,(H,21,23). The molecule has 0 bridgehead atoms.